The average molecular weight is 173 g/mol. The van der Waals surface area contributed by atoms with Crippen LogP contribution >= 0.6 is 0 Å². The number of rotatable bonds is 0. The minimum atomic E-state index is -0.750. The van der Waals surface area contributed by atoms with Crippen molar-refractivity contribution in [3.63, 3.8) is 0 Å². The third-order valence-corrected chi connectivity index (χ3v) is 2.43. The second-order valence-corrected chi connectivity index (χ2v) is 3.18. The maximum atomic E-state index is 11.0. The van der Waals surface area contributed by atoms with E-state index in [2.05, 4.69) is 4.74 Å². The van der Waals surface area contributed by atoms with E-state index in [1.165, 1.54) is 4.90 Å². The van der Waals surface area contributed by atoms with Gasteiger partial charge in [-0.15, -0.1) is 0 Å². The highest BCUT2D eigenvalue weighted by atomic mass is 16.6. The average Bonchev–Trinajstić information content (AvgIpc) is 2.42. The molecule has 2 heterocycles. The van der Waals surface area contributed by atoms with Gasteiger partial charge < -0.3 is 14.9 Å². The van der Waals surface area contributed by atoms with E-state index in [9.17, 15) is 15.0 Å². The summed E-state index contributed by atoms with van der Waals surface area (Å²) in [6.07, 6.45) is -1.26. The van der Waals surface area contributed by atoms with Crippen molar-refractivity contribution in [2.45, 2.75) is 24.7 Å². The molecule has 2 aliphatic heterocycles. The lowest BCUT2D eigenvalue weighted by molar-refractivity contribution is -0.0542. The second-order valence-electron chi connectivity index (χ2n) is 3.18. The number of nitrogens with zero attached hydrogens (tertiary/aromatic N) is 1. The number of amides is 1. The number of aliphatic hydroxyl groups is 2. The van der Waals surface area contributed by atoms with Crippen LogP contribution in [0.4, 0.5) is 4.79 Å². The number of aliphatic hydroxyl groups excluding tert-OH is 2. The molecular formula is C7H11NO4. The molecule has 3 unspecified atom stereocenters. The highest BCUT2D eigenvalue weighted by Gasteiger charge is 2.44. The third kappa shape index (κ3) is 0.971. The van der Waals surface area contributed by atoms with Gasteiger partial charge in [-0.2, -0.15) is 0 Å². The van der Waals surface area contributed by atoms with Crippen molar-refractivity contribution in [3.05, 3.63) is 0 Å². The molecule has 0 aromatic rings. The zero-order chi connectivity index (χ0) is 8.72. The predicted molar refractivity (Wildman–Crippen MR) is 38.5 cm³/mol. The molecule has 2 fully saturated rings. The highest BCUT2D eigenvalue weighted by Crippen LogP contribution is 2.25. The molecule has 5 heteroatoms. The van der Waals surface area contributed by atoms with Crippen LogP contribution in [0.5, 0.6) is 0 Å². The second kappa shape index (κ2) is 2.60. The molecule has 0 radical (unpaired) electrons. The Bertz CT molecular complexity index is 208. The quantitative estimate of drug-likeness (QED) is 0.489. The summed E-state index contributed by atoms with van der Waals surface area (Å²) >= 11 is 0. The fourth-order valence-electron chi connectivity index (χ4n) is 1.81. The first-order valence-corrected chi connectivity index (χ1v) is 3.99. The number of ether oxygens (including phenoxy) is 1. The fourth-order valence-corrected chi connectivity index (χ4v) is 1.81. The molecule has 0 spiro atoms. The van der Waals surface area contributed by atoms with Crippen LogP contribution in [0, 0.1) is 0 Å². The van der Waals surface area contributed by atoms with Gasteiger partial charge in [0.1, 0.15) is 12.7 Å². The van der Waals surface area contributed by atoms with Crippen molar-refractivity contribution in [2.24, 2.45) is 0 Å². The lowest BCUT2D eigenvalue weighted by Crippen LogP contribution is -2.54. The Hall–Kier alpha value is -0.810. The molecule has 5 nitrogen and oxygen atoms in total. The smallest absolute Gasteiger partial charge is 0.410 e. The number of carbonyl (C=O) groups is 1. The standard InChI is InChI=1S/C7H11NO4/c9-4-1-2-8-6(4)5(10)3-12-7(8)11/h4-6,9-10H,1-3H2. The molecule has 2 N–H and O–H groups in total. The molecule has 1 amide bonds. The molecule has 0 aliphatic carbocycles. The Morgan fingerprint density at radius 3 is 2.83 bits per heavy atom. The first kappa shape index (κ1) is 7.82. The van der Waals surface area contributed by atoms with Crippen LogP contribution in [0.15, 0.2) is 0 Å². The van der Waals surface area contributed by atoms with Crippen LogP contribution in [0.25, 0.3) is 0 Å². The van der Waals surface area contributed by atoms with Gasteiger partial charge in [-0.1, -0.05) is 0 Å². The number of hydrogen-bond donors (Lipinski definition) is 2. The van der Waals surface area contributed by atoms with E-state index in [0.29, 0.717) is 13.0 Å². The number of cyclic esters (lactones) is 1. The Morgan fingerprint density at radius 2 is 2.17 bits per heavy atom. The molecular weight excluding hydrogens is 162 g/mol. The van der Waals surface area contributed by atoms with Crippen LogP contribution in [0.3, 0.4) is 0 Å². The van der Waals surface area contributed by atoms with E-state index in [-0.39, 0.29) is 6.61 Å². The third-order valence-electron chi connectivity index (χ3n) is 2.43. The molecule has 3 atom stereocenters. The molecule has 2 saturated heterocycles. The summed E-state index contributed by atoms with van der Waals surface area (Å²) in [6, 6.07) is -0.453. The fraction of sp³-hybridized carbons (Fsp3) is 0.857. The van der Waals surface area contributed by atoms with Crippen molar-refractivity contribution >= 4 is 6.09 Å². The predicted octanol–water partition coefficient (Wildman–Crippen LogP) is -1.07. The molecule has 0 saturated carbocycles. The summed E-state index contributed by atoms with van der Waals surface area (Å²) in [5.74, 6) is 0. The summed E-state index contributed by atoms with van der Waals surface area (Å²) in [5.41, 5.74) is 0. The molecule has 68 valence electrons. The van der Waals surface area contributed by atoms with Gasteiger partial charge in [0.05, 0.1) is 12.1 Å². The first-order valence-electron chi connectivity index (χ1n) is 3.99. The molecule has 12 heavy (non-hydrogen) atoms. The first-order chi connectivity index (χ1) is 5.70. The van der Waals surface area contributed by atoms with E-state index in [1.54, 1.807) is 0 Å². The normalized spacial score (nSPS) is 41.0. The summed E-state index contributed by atoms with van der Waals surface area (Å²) in [7, 11) is 0. The Morgan fingerprint density at radius 1 is 1.42 bits per heavy atom. The van der Waals surface area contributed by atoms with E-state index >= 15 is 0 Å². The molecule has 0 aromatic carbocycles. The van der Waals surface area contributed by atoms with Gasteiger partial charge in [0, 0.05) is 6.54 Å². The van der Waals surface area contributed by atoms with E-state index < -0.39 is 24.3 Å². The molecule has 2 aliphatic rings. The van der Waals surface area contributed by atoms with Crippen LogP contribution in [-0.2, 0) is 4.74 Å². The number of carbonyl (C=O) groups excluding carboxylic acids is 1. The van der Waals surface area contributed by atoms with Gasteiger partial charge >= 0.3 is 6.09 Å². The van der Waals surface area contributed by atoms with Crippen LogP contribution in [0.2, 0.25) is 0 Å². The summed E-state index contributed by atoms with van der Waals surface area (Å²) in [5, 5.41) is 18.8. The zero-order valence-electron chi connectivity index (χ0n) is 6.51. The van der Waals surface area contributed by atoms with Gasteiger partial charge in [-0.05, 0) is 6.42 Å². The lowest BCUT2D eigenvalue weighted by Gasteiger charge is -2.34. The van der Waals surface area contributed by atoms with Gasteiger partial charge in [0.25, 0.3) is 0 Å². The summed E-state index contributed by atoms with van der Waals surface area (Å²) in [4.78, 5) is 12.4. The number of fused-ring (bicyclic) bond motifs is 1. The Balaban J connectivity index is 2.18. The number of hydrogen-bond acceptors (Lipinski definition) is 4. The van der Waals surface area contributed by atoms with Crippen molar-refractivity contribution in [1.82, 2.24) is 4.90 Å². The van der Waals surface area contributed by atoms with Crippen molar-refractivity contribution in [2.75, 3.05) is 13.2 Å². The van der Waals surface area contributed by atoms with Gasteiger partial charge in [0.2, 0.25) is 0 Å². The van der Waals surface area contributed by atoms with Crippen molar-refractivity contribution < 1.29 is 19.7 Å². The SMILES string of the molecule is O=C1OCC(O)C2C(O)CCN12. The van der Waals surface area contributed by atoms with Crippen LogP contribution in [0.1, 0.15) is 6.42 Å². The van der Waals surface area contributed by atoms with Crippen LogP contribution < -0.4 is 0 Å². The van der Waals surface area contributed by atoms with Gasteiger partial charge in [-0.3, -0.25) is 4.90 Å². The van der Waals surface area contributed by atoms with Crippen LogP contribution in [-0.4, -0.2) is 52.6 Å². The van der Waals surface area contributed by atoms with E-state index in [4.69, 9.17) is 0 Å². The Labute approximate surface area is 69.5 Å². The molecule has 0 bridgehead atoms. The van der Waals surface area contributed by atoms with Crippen molar-refractivity contribution in [3.8, 4) is 0 Å². The van der Waals surface area contributed by atoms with Crippen molar-refractivity contribution in [1.29, 1.82) is 0 Å². The van der Waals surface area contributed by atoms with Gasteiger partial charge in [-0.25, -0.2) is 4.79 Å². The monoisotopic (exact) mass is 173 g/mol. The minimum absolute atomic E-state index is 0.00292. The van der Waals surface area contributed by atoms with Gasteiger partial charge in [0.15, 0.2) is 0 Å². The Kier molecular flexibility index (Phi) is 1.69. The summed E-state index contributed by atoms with van der Waals surface area (Å²) < 4.78 is 4.68. The highest BCUT2D eigenvalue weighted by molar-refractivity contribution is 5.69. The summed E-state index contributed by atoms with van der Waals surface area (Å²) in [6.45, 7) is 0.471. The molecule has 0 aromatic heterocycles. The maximum Gasteiger partial charge on any atom is 0.410 e. The van der Waals surface area contributed by atoms with E-state index in [1.807, 2.05) is 0 Å². The lowest BCUT2D eigenvalue weighted by atomic mass is 10.1. The van der Waals surface area contributed by atoms with E-state index in [0.717, 1.165) is 0 Å². The maximum absolute atomic E-state index is 11.0. The molecule has 2 rings (SSSR count). The largest absolute Gasteiger partial charge is 0.447 e. The minimum Gasteiger partial charge on any atom is -0.447 e. The topological polar surface area (TPSA) is 70.0 Å². The zero-order valence-corrected chi connectivity index (χ0v) is 6.51.